The molecule has 4 nitrogen and oxygen atoms in total. The summed E-state index contributed by atoms with van der Waals surface area (Å²) < 4.78 is 11.2. The SMILES string of the molecule is CC(C(=O)OC(C)(C)C(C)(C)CC(=O)OC(C)(C)C)C(C)(C)C. The van der Waals surface area contributed by atoms with Crippen molar-refractivity contribution in [2.75, 3.05) is 0 Å². The Bertz CT molecular complexity index is 433. The van der Waals surface area contributed by atoms with E-state index in [9.17, 15) is 9.59 Å². The van der Waals surface area contributed by atoms with Crippen molar-refractivity contribution in [3.8, 4) is 0 Å². The lowest BCUT2D eigenvalue weighted by atomic mass is 9.74. The highest BCUT2D eigenvalue weighted by Gasteiger charge is 2.44. The van der Waals surface area contributed by atoms with E-state index in [0.717, 1.165) is 0 Å². The summed E-state index contributed by atoms with van der Waals surface area (Å²) in [6.07, 6.45) is 0.189. The van der Waals surface area contributed by atoms with Gasteiger partial charge in [0.2, 0.25) is 0 Å². The number of carbonyl (C=O) groups excluding carboxylic acids is 2. The third-order valence-corrected chi connectivity index (χ3v) is 4.64. The maximum absolute atomic E-state index is 12.4. The lowest BCUT2D eigenvalue weighted by Crippen LogP contribution is -2.47. The van der Waals surface area contributed by atoms with Gasteiger partial charge in [0.1, 0.15) is 11.2 Å². The number of rotatable bonds is 5. The first-order chi connectivity index (χ1) is 9.89. The van der Waals surface area contributed by atoms with Gasteiger partial charge in [0.15, 0.2) is 0 Å². The van der Waals surface area contributed by atoms with Crippen LogP contribution in [0.5, 0.6) is 0 Å². The van der Waals surface area contributed by atoms with Crippen LogP contribution < -0.4 is 0 Å². The molecule has 0 aliphatic carbocycles. The highest BCUT2D eigenvalue weighted by Crippen LogP contribution is 2.39. The molecule has 0 aliphatic heterocycles. The lowest BCUT2D eigenvalue weighted by Gasteiger charge is -2.42. The molecule has 0 heterocycles. The van der Waals surface area contributed by atoms with E-state index in [1.54, 1.807) is 0 Å². The molecule has 1 atom stereocenters. The highest BCUT2D eigenvalue weighted by atomic mass is 16.6. The van der Waals surface area contributed by atoms with Crippen LogP contribution in [-0.4, -0.2) is 23.1 Å². The van der Waals surface area contributed by atoms with Crippen LogP contribution in [0.15, 0.2) is 0 Å². The van der Waals surface area contributed by atoms with E-state index in [0.29, 0.717) is 0 Å². The normalized spacial score (nSPS) is 15.1. The van der Waals surface area contributed by atoms with Gasteiger partial charge in [0.05, 0.1) is 12.3 Å². The summed E-state index contributed by atoms with van der Waals surface area (Å²) in [4.78, 5) is 24.6. The summed E-state index contributed by atoms with van der Waals surface area (Å²) in [7, 11) is 0. The lowest BCUT2D eigenvalue weighted by molar-refractivity contribution is -0.182. The quantitative estimate of drug-likeness (QED) is 0.683. The molecule has 23 heavy (non-hydrogen) atoms. The van der Waals surface area contributed by atoms with Crippen molar-refractivity contribution in [3.63, 3.8) is 0 Å². The first kappa shape index (κ1) is 21.9. The summed E-state index contributed by atoms with van der Waals surface area (Å²) in [5.41, 5.74) is -2.00. The second kappa shape index (κ2) is 6.82. The number of hydrogen-bond donors (Lipinski definition) is 0. The largest absolute Gasteiger partial charge is 0.460 e. The first-order valence-corrected chi connectivity index (χ1v) is 8.34. The molecule has 0 aromatic rings. The molecule has 0 saturated heterocycles. The zero-order chi connectivity index (χ0) is 18.9. The Kier molecular flexibility index (Phi) is 6.51. The average Bonchev–Trinajstić information content (AvgIpc) is 2.21. The van der Waals surface area contributed by atoms with Crippen LogP contribution in [0.3, 0.4) is 0 Å². The number of ether oxygens (including phenoxy) is 2. The minimum atomic E-state index is -0.777. The molecule has 0 aromatic carbocycles. The summed E-state index contributed by atoms with van der Waals surface area (Å²) in [5, 5.41) is 0. The molecule has 0 aromatic heterocycles. The van der Waals surface area contributed by atoms with Gasteiger partial charge in [-0.25, -0.2) is 0 Å². The third kappa shape index (κ3) is 6.92. The fourth-order valence-corrected chi connectivity index (χ4v) is 1.78. The van der Waals surface area contributed by atoms with E-state index in [-0.39, 0.29) is 29.7 Å². The topological polar surface area (TPSA) is 52.6 Å². The van der Waals surface area contributed by atoms with Crippen LogP contribution in [0.1, 0.15) is 82.6 Å². The second-order valence-electron chi connectivity index (χ2n) is 9.67. The van der Waals surface area contributed by atoms with Gasteiger partial charge in [-0.15, -0.1) is 0 Å². The van der Waals surface area contributed by atoms with Crippen molar-refractivity contribution < 1.29 is 19.1 Å². The van der Waals surface area contributed by atoms with Crippen molar-refractivity contribution in [2.45, 2.75) is 93.8 Å². The fourth-order valence-electron chi connectivity index (χ4n) is 1.78. The van der Waals surface area contributed by atoms with Crippen molar-refractivity contribution in [1.29, 1.82) is 0 Å². The van der Waals surface area contributed by atoms with Gasteiger partial charge in [-0.2, -0.15) is 0 Å². The predicted molar refractivity (Wildman–Crippen MR) is 93.0 cm³/mol. The van der Waals surface area contributed by atoms with Crippen molar-refractivity contribution in [2.24, 2.45) is 16.7 Å². The highest BCUT2D eigenvalue weighted by molar-refractivity contribution is 5.74. The van der Waals surface area contributed by atoms with Gasteiger partial charge >= 0.3 is 11.9 Å². The molecular weight excluding hydrogens is 292 g/mol. The number of esters is 2. The van der Waals surface area contributed by atoms with Crippen LogP contribution in [0.25, 0.3) is 0 Å². The maximum Gasteiger partial charge on any atom is 0.309 e. The van der Waals surface area contributed by atoms with Crippen molar-refractivity contribution in [1.82, 2.24) is 0 Å². The molecule has 0 aliphatic rings. The second-order valence-corrected chi connectivity index (χ2v) is 9.67. The van der Waals surface area contributed by atoms with Crippen molar-refractivity contribution >= 4 is 11.9 Å². The zero-order valence-corrected chi connectivity index (χ0v) is 16.9. The van der Waals surface area contributed by atoms with Gasteiger partial charge in [0.25, 0.3) is 0 Å². The van der Waals surface area contributed by atoms with Gasteiger partial charge in [-0.05, 0) is 40.0 Å². The summed E-state index contributed by atoms with van der Waals surface area (Å²) in [6.45, 7) is 21.0. The van der Waals surface area contributed by atoms with Crippen LogP contribution in [0.4, 0.5) is 0 Å². The molecular formula is C19H36O4. The standard InChI is InChI=1S/C19H36O4/c1-13(16(2,3)4)15(21)23-19(10,11)18(8,9)12-14(20)22-17(5,6)7/h13H,12H2,1-11H3. The van der Waals surface area contributed by atoms with Gasteiger partial charge in [0, 0.05) is 5.41 Å². The number of hydrogen-bond acceptors (Lipinski definition) is 4. The summed E-state index contributed by atoms with van der Waals surface area (Å²) in [6, 6.07) is 0. The molecule has 1 unspecified atom stereocenters. The van der Waals surface area contributed by atoms with Crippen LogP contribution >= 0.6 is 0 Å². The molecule has 0 fully saturated rings. The Morgan fingerprint density at radius 2 is 1.26 bits per heavy atom. The molecule has 0 radical (unpaired) electrons. The summed E-state index contributed by atoms with van der Waals surface area (Å²) >= 11 is 0. The van der Waals surface area contributed by atoms with E-state index in [2.05, 4.69) is 0 Å². The Morgan fingerprint density at radius 1 is 0.826 bits per heavy atom. The fraction of sp³-hybridized carbons (Fsp3) is 0.895. The molecule has 0 saturated carbocycles. The smallest absolute Gasteiger partial charge is 0.309 e. The Balaban J connectivity index is 5.03. The first-order valence-electron chi connectivity index (χ1n) is 8.34. The third-order valence-electron chi connectivity index (χ3n) is 4.64. The molecule has 0 N–H and O–H groups in total. The maximum atomic E-state index is 12.4. The van der Waals surface area contributed by atoms with E-state index in [4.69, 9.17) is 9.47 Å². The van der Waals surface area contributed by atoms with Crippen LogP contribution in [0, 0.1) is 16.7 Å². The minimum absolute atomic E-state index is 0.164. The Hall–Kier alpha value is -1.06. The molecule has 136 valence electrons. The van der Waals surface area contributed by atoms with E-state index >= 15 is 0 Å². The van der Waals surface area contributed by atoms with E-state index in [1.807, 2.05) is 76.2 Å². The molecule has 0 rings (SSSR count). The van der Waals surface area contributed by atoms with Crippen LogP contribution in [-0.2, 0) is 19.1 Å². The molecule has 0 amide bonds. The summed E-state index contributed by atoms with van der Waals surface area (Å²) in [5.74, 6) is -0.741. The van der Waals surface area contributed by atoms with E-state index in [1.165, 1.54) is 0 Å². The molecule has 0 bridgehead atoms. The average molecular weight is 328 g/mol. The molecule has 4 heteroatoms. The number of carbonyl (C=O) groups is 2. The van der Waals surface area contributed by atoms with Gasteiger partial charge in [-0.3, -0.25) is 9.59 Å². The van der Waals surface area contributed by atoms with E-state index < -0.39 is 16.6 Å². The predicted octanol–water partition coefficient (Wildman–Crippen LogP) is 4.75. The monoisotopic (exact) mass is 328 g/mol. The molecule has 0 spiro atoms. The Morgan fingerprint density at radius 3 is 1.61 bits per heavy atom. The Labute approximate surface area is 142 Å². The zero-order valence-electron chi connectivity index (χ0n) is 16.9. The van der Waals surface area contributed by atoms with Crippen molar-refractivity contribution in [3.05, 3.63) is 0 Å². The minimum Gasteiger partial charge on any atom is -0.460 e. The van der Waals surface area contributed by atoms with Gasteiger partial charge < -0.3 is 9.47 Å². The van der Waals surface area contributed by atoms with Gasteiger partial charge in [-0.1, -0.05) is 41.5 Å². The van der Waals surface area contributed by atoms with Crippen LogP contribution in [0.2, 0.25) is 0 Å².